The van der Waals surface area contributed by atoms with E-state index in [9.17, 15) is 4.79 Å². The maximum Gasteiger partial charge on any atom is 0.344 e. The Kier molecular flexibility index (Phi) is 6.27. The zero-order valence-electron chi connectivity index (χ0n) is 15.5. The van der Waals surface area contributed by atoms with Gasteiger partial charge in [-0.3, -0.25) is 9.89 Å². The summed E-state index contributed by atoms with van der Waals surface area (Å²) in [5.74, 6) is 0. The Morgan fingerprint density at radius 1 is 1.19 bits per heavy atom. The molecule has 1 aliphatic rings. The van der Waals surface area contributed by atoms with Gasteiger partial charge in [-0.05, 0) is 24.8 Å². The monoisotopic (exact) mass is 364 g/mol. The van der Waals surface area contributed by atoms with Crippen molar-refractivity contribution >= 4 is 19.1 Å². The molecule has 2 aromatic rings. The Labute approximate surface area is 159 Å². The second-order valence-electron chi connectivity index (χ2n) is 6.51. The summed E-state index contributed by atoms with van der Waals surface area (Å²) in [6.07, 6.45) is 6.74. The van der Waals surface area contributed by atoms with Crippen LogP contribution in [0, 0.1) is 0 Å². The highest BCUT2D eigenvalue weighted by Gasteiger charge is 2.22. The van der Waals surface area contributed by atoms with Crippen LogP contribution in [0.1, 0.15) is 6.92 Å². The minimum Gasteiger partial charge on any atom is -0.320 e. The lowest BCUT2D eigenvalue weighted by Crippen LogP contribution is -2.50. The van der Waals surface area contributed by atoms with Gasteiger partial charge in [0.2, 0.25) is 0 Å². The number of rotatable bonds is 5. The van der Waals surface area contributed by atoms with E-state index in [1.165, 1.54) is 11.0 Å². The second kappa shape index (κ2) is 9.05. The van der Waals surface area contributed by atoms with E-state index in [0.717, 1.165) is 36.3 Å². The summed E-state index contributed by atoms with van der Waals surface area (Å²) in [6, 6.07) is 9.86. The molecule has 140 valence electrons. The van der Waals surface area contributed by atoms with Crippen molar-refractivity contribution in [2.24, 2.45) is 9.98 Å². The Morgan fingerprint density at radius 2 is 1.93 bits per heavy atom. The van der Waals surface area contributed by atoms with Gasteiger partial charge in [0.1, 0.15) is 6.34 Å². The molecule has 0 spiro atoms. The highest BCUT2D eigenvalue weighted by molar-refractivity contribution is 5.77. The van der Waals surface area contributed by atoms with Crippen LogP contribution in [-0.2, 0) is 0 Å². The first kappa shape index (κ1) is 18.7. The molecule has 1 amide bonds. The molecule has 0 unspecified atom stereocenters. The Hall–Kier alpha value is -3.06. The summed E-state index contributed by atoms with van der Waals surface area (Å²) >= 11 is 0. The lowest BCUT2D eigenvalue weighted by Gasteiger charge is -2.34. The van der Waals surface area contributed by atoms with Gasteiger partial charge < -0.3 is 4.90 Å². The van der Waals surface area contributed by atoms with E-state index in [0.29, 0.717) is 13.1 Å². The van der Waals surface area contributed by atoms with Crippen LogP contribution in [-0.4, -0.2) is 71.4 Å². The molecule has 7 nitrogen and oxygen atoms in total. The number of hydrogen-bond donors (Lipinski definition) is 0. The van der Waals surface area contributed by atoms with Crippen molar-refractivity contribution in [3.05, 3.63) is 54.5 Å². The topological polar surface area (TPSA) is 66.1 Å². The van der Waals surface area contributed by atoms with Crippen LogP contribution in [0.15, 0.2) is 64.5 Å². The van der Waals surface area contributed by atoms with Crippen LogP contribution >= 0.6 is 0 Å². The van der Waals surface area contributed by atoms with Gasteiger partial charge >= 0.3 is 6.03 Å². The molecule has 7 heteroatoms. The summed E-state index contributed by atoms with van der Waals surface area (Å²) in [5.41, 5.74) is 3.14. The number of benzene rings is 1. The Bertz CT molecular complexity index is 831. The number of aliphatic imine (C=N–C) groups is 2. The zero-order chi connectivity index (χ0) is 19.1. The third-order valence-corrected chi connectivity index (χ3v) is 4.44. The highest BCUT2D eigenvalue weighted by atomic mass is 16.2. The SMILES string of the molecule is C=NC=NC=C(C)CN1CCN(C(=O)n2cc(-c3ccccc3)cn2)CC1. The normalized spacial score (nSPS) is 16.0. The highest BCUT2D eigenvalue weighted by Crippen LogP contribution is 2.18. The maximum atomic E-state index is 12.7. The standard InChI is InChI=1S/C20H24N6O/c1-17(12-22-16-21-2)14-24-8-10-25(11-9-24)20(27)26-15-19(13-23-26)18-6-4-3-5-7-18/h3-7,12-13,15-16H,2,8-11,14H2,1H3. The van der Waals surface area contributed by atoms with E-state index >= 15 is 0 Å². The second-order valence-corrected chi connectivity index (χ2v) is 6.51. The van der Waals surface area contributed by atoms with Crippen LogP contribution in [0.4, 0.5) is 4.79 Å². The molecule has 1 saturated heterocycles. The number of carbonyl (C=O) groups excluding carboxylic acids is 1. The van der Waals surface area contributed by atoms with Gasteiger partial charge in [-0.25, -0.2) is 9.79 Å². The number of carbonyl (C=O) groups is 1. The quantitative estimate of drug-likeness (QED) is 0.605. The van der Waals surface area contributed by atoms with E-state index < -0.39 is 0 Å². The lowest BCUT2D eigenvalue weighted by molar-refractivity contribution is 0.144. The molecule has 0 aliphatic carbocycles. The Balaban J connectivity index is 1.54. The largest absolute Gasteiger partial charge is 0.344 e. The molecule has 1 fully saturated rings. The number of hydrogen-bond acceptors (Lipinski definition) is 4. The zero-order valence-corrected chi connectivity index (χ0v) is 15.5. The molecule has 0 atom stereocenters. The fourth-order valence-electron chi connectivity index (χ4n) is 3.05. The van der Waals surface area contributed by atoms with Gasteiger partial charge in [0, 0.05) is 50.7 Å². The van der Waals surface area contributed by atoms with Gasteiger partial charge in [-0.1, -0.05) is 30.3 Å². The molecule has 2 heterocycles. The Morgan fingerprint density at radius 3 is 2.63 bits per heavy atom. The summed E-state index contributed by atoms with van der Waals surface area (Å²) in [6.45, 7) is 9.24. The van der Waals surface area contributed by atoms with Crippen molar-refractivity contribution in [1.29, 1.82) is 0 Å². The molecule has 27 heavy (non-hydrogen) atoms. The maximum absolute atomic E-state index is 12.7. The number of piperazine rings is 1. The van der Waals surface area contributed by atoms with Gasteiger partial charge in [0.15, 0.2) is 0 Å². The molecule has 3 rings (SSSR count). The molecule has 0 saturated carbocycles. The smallest absolute Gasteiger partial charge is 0.320 e. The average molecular weight is 364 g/mol. The molecule has 1 aliphatic heterocycles. The number of amides is 1. The predicted molar refractivity (Wildman–Crippen MR) is 108 cm³/mol. The molecule has 0 radical (unpaired) electrons. The van der Waals surface area contributed by atoms with Crippen LogP contribution in [0.25, 0.3) is 11.1 Å². The summed E-state index contributed by atoms with van der Waals surface area (Å²) in [7, 11) is 0. The summed E-state index contributed by atoms with van der Waals surface area (Å²) in [5, 5.41) is 4.25. The van der Waals surface area contributed by atoms with Crippen molar-refractivity contribution in [2.75, 3.05) is 32.7 Å². The first-order chi connectivity index (χ1) is 13.2. The van der Waals surface area contributed by atoms with E-state index in [4.69, 9.17) is 0 Å². The van der Waals surface area contributed by atoms with Crippen molar-refractivity contribution in [3.63, 3.8) is 0 Å². The van der Waals surface area contributed by atoms with E-state index in [2.05, 4.69) is 26.7 Å². The molecule has 0 bridgehead atoms. The van der Waals surface area contributed by atoms with E-state index in [1.54, 1.807) is 18.6 Å². The average Bonchev–Trinajstić information content (AvgIpc) is 3.19. The third kappa shape index (κ3) is 4.98. The van der Waals surface area contributed by atoms with Crippen LogP contribution in [0.2, 0.25) is 0 Å². The fourth-order valence-corrected chi connectivity index (χ4v) is 3.05. The van der Waals surface area contributed by atoms with Crippen molar-refractivity contribution < 1.29 is 4.79 Å². The van der Waals surface area contributed by atoms with Gasteiger partial charge in [0.05, 0.1) is 6.20 Å². The third-order valence-electron chi connectivity index (χ3n) is 4.44. The fraction of sp³-hybridized carbons (Fsp3) is 0.300. The molecular formula is C20H24N6O. The van der Waals surface area contributed by atoms with Crippen LogP contribution in [0.5, 0.6) is 0 Å². The van der Waals surface area contributed by atoms with Crippen molar-refractivity contribution in [2.45, 2.75) is 6.92 Å². The minimum atomic E-state index is -0.0780. The van der Waals surface area contributed by atoms with Crippen molar-refractivity contribution in [3.8, 4) is 11.1 Å². The van der Waals surface area contributed by atoms with Crippen molar-refractivity contribution in [1.82, 2.24) is 19.6 Å². The van der Waals surface area contributed by atoms with E-state index in [-0.39, 0.29) is 6.03 Å². The molecular weight excluding hydrogens is 340 g/mol. The first-order valence-corrected chi connectivity index (χ1v) is 8.92. The van der Waals surface area contributed by atoms with Gasteiger partial charge in [0.25, 0.3) is 0 Å². The predicted octanol–water partition coefficient (Wildman–Crippen LogP) is 2.77. The first-order valence-electron chi connectivity index (χ1n) is 8.92. The van der Waals surface area contributed by atoms with E-state index in [1.807, 2.05) is 42.2 Å². The lowest BCUT2D eigenvalue weighted by atomic mass is 10.1. The summed E-state index contributed by atoms with van der Waals surface area (Å²) < 4.78 is 1.43. The molecule has 0 N–H and O–H groups in total. The van der Waals surface area contributed by atoms with Gasteiger partial charge in [-0.2, -0.15) is 9.78 Å². The minimum absolute atomic E-state index is 0.0780. The molecule has 1 aromatic carbocycles. The van der Waals surface area contributed by atoms with Gasteiger partial charge in [-0.15, -0.1) is 0 Å². The molecule has 1 aromatic heterocycles. The summed E-state index contributed by atoms with van der Waals surface area (Å²) in [4.78, 5) is 24.5. The van der Waals surface area contributed by atoms with Crippen LogP contribution in [0.3, 0.4) is 0 Å². The number of nitrogens with zero attached hydrogens (tertiary/aromatic N) is 6. The van der Waals surface area contributed by atoms with Crippen LogP contribution < -0.4 is 0 Å². The number of aromatic nitrogens is 2.